The van der Waals surface area contributed by atoms with Crippen LogP contribution in [-0.4, -0.2) is 22.5 Å². The Kier molecular flexibility index (Phi) is 5.85. The van der Waals surface area contributed by atoms with Crippen LogP contribution in [0.2, 0.25) is 10.3 Å². The highest BCUT2D eigenvalue weighted by atomic mass is 35.5. The summed E-state index contributed by atoms with van der Waals surface area (Å²) in [7, 11) is 0. The van der Waals surface area contributed by atoms with Gasteiger partial charge in [0.05, 0.1) is 0 Å². The first-order valence-electron chi connectivity index (χ1n) is 4.41. The van der Waals surface area contributed by atoms with Crippen molar-refractivity contribution in [2.24, 2.45) is 0 Å². The van der Waals surface area contributed by atoms with E-state index >= 15 is 0 Å². The maximum absolute atomic E-state index is 10.2. The summed E-state index contributed by atoms with van der Waals surface area (Å²) in [6, 6.07) is 0. The summed E-state index contributed by atoms with van der Waals surface area (Å²) in [5.74, 6) is 0. The van der Waals surface area contributed by atoms with Crippen LogP contribution in [0.1, 0.15) is 19.3 Å². The normalized spacial score (nSPS) is 9.11. The smallest absolute Gasteiger partial charge is 0.375 e. The topological polar surface area (TPSA) is 90.3 Å². The second-order valence-corrected chi connectivity index (χ2v) is 5.51. The maximum Gasteiger partial charge on any atom is 0.487 e. The minimum absolute atomic E-state index is 0.157. The maximum atomic E-state index is 10.2. The van der Waals surface area contributed by atoms with Crippen molar-refractivity contribution in [1.29, 1.82) is 0 Å². The van der Waals surface area contributed by atoms with Gasteiger partial charge in [0.2, 0.25) is 0 Å². The van der Waals surface area contributed by atoms with Crippen molar-refractivity contribution in [2.75, 3.05) is 5.73 Å². The lowest BCUT2D eigenvalue weighted by Gasteiger charge is -1.73. The van der Waals surface area contributed by atoms with Crippen molar-refractivity contribution in [3.05, 3.63) is 24.9 Å². The van der Waals surface area contributed by atoms with Gasteiger partial charge >= 0.3 is 5.13 Å². The molecule has 10 heteroatoms. The third-order valence-corrected chi connectivity index (χ3v) is 4.05. The number of halogens is 2. The van der Waals surface area contributed by atoms with Crippen LogP contribution in [0.15, 0.2) is 0 Å². The van der Waals surface area contributed by atoms with E-state index in [9.17, 15) is 9.59 Å². The fraction of sp³-hybridized carbons (Fsp3) is 0. The minimum Gasteiger partial charge on any atom is -0.375 e. The zero-order chi connectivity index (χ0) is 14.4. The van der Waals surface area contributed by atoms with E-state index in [1.54, 1.807) is 0 Å². The molecule has 2 aromatic heterocycles. The second-order valence-electron chi connectivity index (χ2n) is 2.72. The molecule has 0 spiro atoms. The highest BCUT2D eigenvalue weighted by Crippen LogP contribution is 2.26. The molecule has 0 unspecified atom stereocenters. The molecule has 0 radical (unpaired) electrons. The third-order valence-electron chi connectivity index (χ3n) is 1.55. The summed E-state index contributed by atoms with van der Waals surface area (Å²) in [5.41, 5.74) is 5.22. The summed E-state index contributed by atoms with van der Waals surface area (Å²) in [4.78, 5) is 31.5. The van der Waals surface area contributed by atoms with Gasteiger partial charge in [-0.1, -0.05) is 22.9 Å². The average molecular weight is 336 g/mol. The molecule has 2 heterocycles. The van der Waals surface area contributed by atoms with Crippen LogP contribution in [-0.2, 0) is 0 Å². The molecule has 2 rings (SSSR count). The van der Waals surface area contributed by atoms with E-state index in [0.717, 1.165) is 22.7 Å². The molecule has 19 heavy (non-hydrogen) atoms. The van der Waals surface area contributed by atoms with Crippen molar-refractivity contribution >= 4 is 68.7 Å². The molecule has 2 N–H and O–H groups in total. The van der Waals surface area contributed by atoms with E-state index in [1.165, 1.54) is 0 Å². The number of aldehydes is 2. The quantitative estimate of drug-likeness (QED) is 0.849. The number of nitrogens with zero attached hydrogens (tertiary/aromatic N) is 3. The number of thiazole rings is 2. The van der Waals surface area contributed by atoms with Crippen LogP contribution in [0.3, 0.4) is 0 Å². The van der Waals surface area contributed by atoms with E-state index < -0.39 is 0 Å². The van der Waals surface area contributed by atoms with E-state index in [4.69, 9.17) is 35.5 Å². The molecule has 0 aliphatic carbocycles. The number of nitrogens with two attached hydrogens (primary N) is 1. The first-order valence-corrected chi connectivity index (χ1v) is 6.80. The van der Waals surface area contributed by atoms with Gasteiger partial charge in [-0.2, -0.15) is 0 Å². The number of aromatic nitrogens is 2. The second kappa shape index (κ2) is 7.16. The lowest BCUT2D eigenvalue weighted by Crippen LogP contribution is -1.78. The van der Waals surface area contributed by atoms with E-state index in [1.807, 2.05) is 0 Å². The molecular formula is C9H5Cl2N4O2S2+. The highest BCUT2D eigenvalue weighted by molar-refractivity contribution is 7.18. The number of carbonyl (C=O) groups excluding carboxylic acids is 2. The largest absolute Gasteiger partial charge is 0.487 e. The lowest BCUT2D eigenvalue weighted by atomic mass is 10.6. The minimum atomic E-state index is 0.157. The number of anilines is 1. The summed E-state index contributed by atoms with van der Waals surface area (Å²) < 4.78 is 0. The zero-order valence-electron chi connectivity index (χ0n) is 9.04. The van der Waals surface area contributed by atoms with Gasteiger partial charge in [-0.05, 0) is 27.9 Å². The van der Waals surface area contributed by atoms with Gasteiger partial charge in [0.1, 0.15) is 16.3 Å². The summed E-state index contributed by atoms with van der Waals surface area (Å²) in [6.45, 7) is 4.89. The average Bonchev–Trinajstić information content (AvgIpc) is 2.92. The Bertz CT molecular complexity index is 647. The van der Waals surface area contributed by atoms with Gasteiger partial charge in [0.15, 0.2) is 22.9 Å². The predicted octanol–water partition coefficient (Wildman–Crippen LogP) is 3.39. The number of hydrogen-bond acceptors (Lipinski definition) is 7. The Morgan fingerprint density at radius 2 is 1.63 bits per heavy atom. The van der Waals surface area contributed by atoms with Crippen LogP contribution in [0.4, 0.5) is 10.3 Å². The molecule has 98 valence electrons. The molecule has 0 aliphatic heterocycles. The van der Waals surface area contributed by atoms with Gasteiger partial charge in [-0.3, -0.25) is 9.59 Å². The molecule has 0 aromatic carbocycles. The Morgan fingerprint density at radius 3 is 1.89 bits per heavy atom. The van der Waals surface area contributed by atoms with Crippen molar-refractivity contribution in [3.63, 3.8) is 0 Å². The fourth-order valence-electron chi connectivity index (χ4n) is 0.832. The molecule has 0 aliphatic rings. The highest BCUT2D eigenvalue weighted by Gasteiger charge is 2.16. The van der Waals surface area contributed by atoms with Crippen molar-refractivity contribution in [1.82, 2.24) is 9.97 Å². The number of rotatable bonds is 2. The molecule has 0 amide bonds. The molecular weight excluding hydrogens is 331 g/mol. The van der Waals surface area contributed by atoms with Gasteiger partial charge < -0.3 is 5.73 Å². The van der Waals surface area contributed by atoms with Crippen LogP contribution in [0.5, 0.6) is 0 Å². The van der Waals surface area contributed by atoms with Crippen molar-refractivity contribution in [3.8, 4) is 6.57 Å². The standard InChI is InChI=1S/C5H2ClN2OS.C4H3ClN2OS/c1-7-5-8-4(6)3(2-9)10-5;5-3-2(1-8)9-4(6)7-3/h1-2H;1H,(H2,6,7)/q+1;. The first kappa shape index (κ1) is 15.5. The molecule has 0 atom stereocenters. The number of carbonyl (C=O) groups is 2. The summed E-state index contributed by atoms with van der Waals surface area (Å²) in [5, 5.41) is 0.978. The van der Waals surface area contributed by atoms with E-state index in [-0.39, 0.29) is 10.3 Å². The van der Waals surface area contributed by atoms with Gasteiger partial charge in [-0.15, -0.1) is 4.85 Å². The van der Waals surface area contributed by atoms with Gasteiger partial charge in [-0.25, -0.2) is 4.98 Å². The number of hydrogen-bond donors (Lipinski definition) is 1. The fourth-order valence-corrected chi connectivity index (χ4v) is 2.53. The van der Waals surface area contributed by atoms with Crippen LogP contribution in [0.25, 0.3) is 4.85 Å². The third kappa shape index (κ3) is 4.25. The van der Waals surface area contributed by atoms with Crippen molar-refractivity contribution < 1.29 is 9.59 Å². The molecule has 0 fully saturated rings. The Hall–Kier alpha value is -1.53. The predicted molar refractivity (Wildman–Crippen MR) is 77.4 cm³/mol. The Morgan fingerprint density at radius 1 is 1.11 bits per heavy atom. The monoisotopic (exact) mass is 335 g/mol. The lowest BCUT2D eigenvalue weighted by molar-refractivity contribution is 0.111. The zero-order valence-corrected chi connectivity index (χ0v) is 12.2. The van der Waals surface area contributed by atoms with Crippen LogP contribution < -0.4 is 5.73 Å². The molecule has 2 aromatic rings. The number of nitrogen functional groups attached to an aromatic ring is 1. The van der Waals surface area contributed by atoms with Crippen LogP contribution in [0, 0.1) is 6.57 Å². The SMILES string of the molecule is C#[N+]c1nc(Cl)c(C=O)s1.Nc1nc(Cl)c(C=O)s1. The van der Waals surface area contributed by atoms with Gasteiger partial charge in [0, 0.05) is 0 Å². The first-order chi connectivity index (χ1) is 9.01. The van der Waals surface area contributed by atoms with Gasteiger partial charge in [0.25, 0.3) is 5.15 Å². The van der Waals surface area contributed by atoms with Crippen LogP contribution >= 0.6 is 45.9 Å². The molecule has 6 nitrogen and oxygen atoms in total. The summed E-state index contributed by atoms with van der Waals surface area (Å²) in [6.07, 6.45) is 1.26. The van der Waals surface area contributed by atoms with Crippen molar-refractivity contribution in [2.45, 2.75) is 0 Å². The molecule has 0 bridgehead atoms. The van der Waals surface area contributed by atoms with E-state index in [2.05, 4.69) is 14.8 Å². The Labute approximate surface area is 125 Å². The molecule has 0 saturated heterocycles. The Balaban J connectivity index is 0.000000191. The van der Waals surface area contributed by atoms with E-state index in [0.29, 0.717) is 32.6 Å². The summed E-state index contributed by atoms with van der Waals surface area (Å²) >= 11 is 13.0. The molecule has 0 saturated carbocycles.